The third-order valence-electron chi connectivity index (χ3n) is 5.05. The number of rotatable bonds is 8. The maximum atomic E-state index is 12.3. The average Bonchev–Trinajstić information content (AvgIpc) is 2.83. The quantitative estimate of drug-likeness (QED) is 0.636. The Morgan fingerprint density at radius 1 is 1.00 bits per heavy atom. The molecule has 0 aromatic heterocycles. The molecule has 170 valence electrons. The van der Waals surface area contributed by atoms with Gasteiger partial charge in [0, 0.05) is 24.9 Å². The van der Waals surface area contributed by atoms with Crippen LogP contribution in [0.2, 0.25) is 0 Å². The van der Waals surface area contributed by atoms with E-state index in [0.717, 1.165) is 11.1 Å². The van der Waals surface area contributed by atoms with Gasteiger partial charge in [-0.15, -0.1) is 0 Å². The maximum absolute atomic E-state index is 12.3. The van der Waals surface area contributed by atoms with Gasteiger partial charge >= 0.3 is 0 Å². The standard InChI is InChI=1S/C24H28N2O6/c1-29-20-14-18(15-21(30-2)24(20)31-3)6-9-22(27)25-19-7-4-17(5-8-19)16-23(28)26-10-12-32-13-11-26/h4-9,14-15H,10-13,16H2,1-3H3,(H,25,27)/b9-6+. The van der Waals surface area contributed by atoms with Crippen molar-refractivity contribution in [3.8, 4) is 17.2 Å². The Bertz CT molecular complexity index is 940. The van der Waals surface area contributed by atoms with Crippen LogP contribution < -0.4 is 19.5 Å². The second-order valence-electron chi connectivity index (χ2n) is 7.15. The molecule has 1 aliphatic rings. The molecular weight excluding hydrogens is 412 g/mol. The molecule has 1 aliphatic heterocycles. The molecule has 8 heteroatoms. The number of benzene rings is 2. The highest BCUT2D eigenvalue weighted by molar-refractivity contribution is 6.02. The van der Waals surface area contributed by atoms with Crippen molar-refractivity contribution < 1.29 is 28.5 Å². The van der Waals surface area contributed by atoms with Gasteiger partial charge in [0.1, 0.15) is 0 Å². The summed E-state index contributed by atoms with van der Waals surface area (Å²) in [6.07, 6.45) is 3.42. The smallest absolute Gasteiger partial charge is 0.248 e. The predicted molar refractivity (Wildman–Crippen MR) is 121 cm³/mol. The van der Waals surface area contributed by atoms with Crippen LogP contribution in [0.5, 0.6) is 17.2 Å². The first-order valence-electron chi connectivity index (χ1n) is 10.3. The molecule has 2 aromatic carbocycles. The number of hydrogen-bond acceptors (Lipinski definition) is 6. The zero-order valence-electron chi connectivity index (χ0n) is 18.6. The lowest BCUT2D eigenvalue weighted by atomic mass is 10.1. The molecule has 2 amide bonds. The number of nitrogens with one attached hydrogen (secondary N) is 1. The van der Waals surface area contributed by atoms with Gasteiger partial charge < -0.3 is 29.2 Å². The molecule has 0 atom stereocenters. The molecule has 1 heterocycles. The zero-order chi connectivity index (χ0) is 22.9. The Morgan fingerprint density at radius 2 is 1.62 bits per heavy atom. The van der Waals surface area contributed by atoms with E-state index in [9.17, 15) is 9.59 Å². The van der Waals surface area contributed by atoms with E-state index in [1.165, 1.54) is 27.4 Å². The highest BCUT2D eigenvalue weighted by Gasteiger charge is 2.17. The van der Waals surface area contributed by atoms with E-state index >= 15 is 0 Å². The van der Waals surface area contributed by atoms with Crippen molar-refractivity contribution in [2.24, 2.45) is 0 Å². The number of morpholine rings is 1. The summed E-state index contributed by atoms with van der Waals surface area (Å²) in [7, 11) is 4.61. The van der Waals surface area contributed by atoms with Crippen LogP contribution in [0.15, 0.2) is 42.5 Å². The fourth-order valence-electron chi connectivity index (χ4n) is 3.36. The molecule has 0 spiro atoms. The third-order valence-corrected chi connectivity index (χ3v) is 5.05. The zero-order valence-corrected chi connectivity index (χ0v) is 18.6. The van der Waals surface area contributed by atoms with E-state index in [1.54, 1.807) is 30.3 Å². The van der Waals surface area contributed by atoms with Gasteiger partial charge in [-0.05, 0) is 41.5 Å². The molecule has 0 bridgehead atoms. The number of methoxy groups -OCH3 is 3. The maximum Gasteiger partial charge on any atom is 0.248 e. The molecule has 2 aromatic rings. The Hall–Kier alpha value is -3.52. The number of hydrogen-bond donors (Lipinski definition) is 1. The van der Waals surface area contributed by atoms with Crippen LogP contribution in [0, 0.1) is 0 Å². The second-order valence-corrected chi connectivity index (χ2v) is 7.15. The van der Waals surface area contributed by atoms with Crippen molar-refractivity contribution >= 4 is 23.6 Å². The first-order valence-corrected chi connectivity index (χ1v) is 10.3. The highest BCUT2D eigenvalue weighted by atomic mass is 16.5. The SMILES string of the molecule is COc1cc(/C=C/C(=O)Nc2ccc(CC(=O)N3CCOCC3)cc2)cc(OC)c1OC. The number of carbonyl (C=O) groups excluding carboxylic acids is 2. The summed E-state index contributed by atoms with van der Waals surface area (Å²) in [6, 6.07) is 10.8. The molecule has 0 aliphatic carbocycles. The Balaban J connectivity index is 1.59. The summed E-state index contributed by atoms with van der Waals surface area (Å²) in [5, 5.41) is 2.81. The lowest BCUT2D eigenvalue weighted by Gasteiger charge is -2.26. The molecule has 0 unspecified atom stereocenters. The van der Waals surface area contributed by atoms with Crippen molar-refractivity contribution in [3.63, 3.8) is 0 Å². The number of carbonyl (C=O) groups is 2. The molecule has 0 radical (unpaired) electrons. The van der Waals surface area contributed by atoms with Crippen molar-refractivity contribution in [2.75, 3.05) is 52.9 Å². The summed E-state index contributed by atoms with van der Waals surface area (Å²) in [5.41, 5.74) is 2.27. The van der Waals surface area contributed by atoms with E-state index in [2.05, 4.69) is 5.32 Å². The molecule has 1 N–H and O–H groups in total. The van der Waals surface area contributed by atoms with Gasteiger partial charge in [-0.25, -0.2) is 0 Å². The van der Waals surface area contributed by atoms with Gasteiger partial charge in [-0.1, -0.05) is 12.1 Å². The first-order chi connectivity index (χ1) is 15.5. The van der Waals surface area contributed by atoms with Crippen LogP contribution in [-0.4, -0.2) is 64.3 Å². The van der Waals surface area contributed by atoms with Crippen LogP contribution in [0.1, 0.15) is 11.1 Å². The number of anilines is 1. The summed E-state index contributed by atoms with van der Waals surface area (Å²) >= 11 is 0. The van der Waals surface area contributed by atoms with Crippen LogP contribution >= 0.6 is 0 Å². The van der Waals surface area contributed by atoms with E-state index < -0.39 is 0 Å². The Kier molecular flexibility index (Phi) is 8.10. The summed E-state index contributed by atoms with van der Waals surface area (Å²) in [4.78, 5) is 26.5. The lowest BCUT2D eigenvalue weighted by molar-refractivity contribution is -0.134. The van der Waals surface area contributed by atoms with Crippen LogP contribution in [0.3, 0.4) is 0 Å². The molecular formula is C24H28N2O6. The molecule has 8 nitrogen and oxygen atoms in total. The van der Waals surface area contributed by atoms with Crippen molar-refractivity contribution in [3.05, 3.63) is 53.6 Å². The molecule has 0 saturated carbocycles. The van der Waals surface area contributed by atoms with Gasteiger partial charge in [0.05, 0.1) is 41.0 Å². The Morgan fingerprint density at radius 3 is 2.19 bits per heavy atom. The summed E-state index contributed by atoms with van der Waals surface area (Å²) < 4.78 is 21.2. The third kappa shape index (κ3) is 6.01. The van der Waals surface area contributed by atoms with Crippen molar-refractivity contribution in [1.82, 2.24) is 4.90 Å². The average molecular weight is 440 g/mol. The predicted octanol–water partition coefficient (Wildman–Crippen LogP) is 2.77. The van der Waals surface area contributed by atoms with Crippen molar-refractivity contribution in [1.29, 1.82) is 0 Å². The minimum atomic E-state index is -0.282. The van der Waals surface area contributed by atoms with E-state index in [4.69, 9.17) is 18.9 Å². The molecule has 32 heavy (non-hydrogen) atoms. The number of amides is 2. The summed E-state index contributed by atoms with van der Waals surface area (Å²) in [6.45, 7) is 2.43. The van der Waals surface area contributed by atoms with Gasteiger partial charge in [-0.2, -0.15) is 0 Å². The topological polar surface area (TPSA) is 86.3 Å². The highest BCUT2D eigenvalue weighted by Crippen LogP contribution is 2.38. The minimum absolute atomic E-state index is 0.0818. The van der Waals surface area contributed by atoms with Gasteiger partial charge in [-0.3, -0.25) is 9.59 Å². The largest absolute Gasteiger partial charge is 0.493 e. The monoisotopic (exact) mass is 440 g/mol. The van der Waals surface area contributed by atoms with E-state index in [0.29, 0.717) is 55.7 Å². The molecule has 3 rings (SSSR count). The Labute approximate surface area is 187 Å². The fourth-order valence-corrected chi connectivity index (χ4v) is 3.36. The molecule has 1 fully saturated rings. The van der Waals surface area contributed by atoms with Crippen LogP contribution in [-0.2, 0) is 20.7 Å². The lowest BCUT2D eigenvalue weighted by Crippen LogP contribution is -2.41. The second kappa shape index (κ2) is 11.2. The number of ether oxygens (including phenoxy) is 4. The first kappa shape index (κ1) is 23.1. The van der Waals surface area contributed by atoms with Crippen LogP contribution in [0.25, 0.3) is 6.08 Å². The summed E-state index contributed by atoms with van der Waals surface area (Å²) in [5.74, 6) is 1.31. The minimum Gasteiger partial charge on any atom is -0.493 e. The fraction of sp³-hybridized carbons (Fsp3) is 0.333. The normalized spacial score (nSPS) is 13.7. The molecule has 1 saturated heterocycles. The van der Waals surface area contributed by atoms with Crippen molar-refractivity contribution in [2.45, 2.75) is 6.42 Å². The number of nitrogens with zero attached hydrogens (tertiary/aromatic N) is 1. The van der Waals surface area contributed by atoms with E-state index in [-0.39, 0.29) is 11.8 Å². The van der Waals surface area contributed by atoms with Gasteiger partial charge in [0.15, 0.2) is 11.5 Å². The van der Waals surface area contributed by atoms with Crippen LogP contribution in [0.4, 0.5) is 5.69 Å². The van der Waals surface area contributed by atoms with E-state index in [1.807, 2.05) is 17.0 Å². The van der Waals surface area contributed by atoms with Gasteiger partial charge in [0.25, 0.3) is 0 Å². The van der Waals surface area contributed by atoms with Gasteiger partial charge in [0.2, 0.25) is 17.6 Å².